The Kier molecular flexibility index (Phi) is 7.83. The van der Waals surface area contributed by atoms with E-state index in [1.807, 2.05) is 6.07 Å². The van der Waals surface area contributed by atoms with E-state index in [9.17, 15) is 9.90 Å². The Morgan fingerprint density at radius 3 is 2.57 bits per heavy atom. The van der Waals surface area contributed by atoms with E-state index in [0.29, 0.717) is 13.1 Å². The predicted octanol–water partition coefficient (Wildman–Crippen LogP) is 2.63. The highest BCUT2D eigenvalue weighted by molar-refractivity contribution is 5.73. The summed E-state index contributed by atoms with van der Waals surface area (Å²) in [6.45, 7) is 7.07. The van der Waals surface area contributed by atoms with Crippen LogP contribution in [0.2, 0.25) is 0 Å². The van der Waals surface area contributed by atoms with Gasteiger partial charge in [0.05, 0.1) is 6.10 Å². The molecule has 0 aromatic heterocycles. The van der Waals surface area contributed by atoms with Crippen molar-refractivity contribution in [3.63, 3.8) is 0 Å². The highest BCUT2D eigenvalue weighted by Crippen LogP contribution is 2.12. The molecule has 3 N–H and O–H groups in total. The number of hydrogen-bond acceptors (Lipinski definition) is 2. The molecule has 0 aliphatic rings. The fraction of sp³-hybridized carbons (Fsp3) is 0.588. The molecule has 4 nitrogen and oxygen atoms in total. The van der Waals surface area contributed by atoms with Gasteiger partial charge < -0.3 is 15.7 Å². The standard InChI is InChI=1S/C17H28N2O2/c1-4-15(5-2)16(20)12-19-17(21)18-10-9-14-8-6-7-13(3)11-14/h6-8,11,15-16,20H,4-5,9-10,12H2,1-3H3,(H2,18,19,21). The first-order valence-electron chi connectivity index (χ1n) is 7.82. The van der Waals surface area contributed by atoms with Gasteiger partial charge in [-0.2, -0.15) is 0 Å². The molecule has 118 valence electrons. The van der Waals surface area contributed by atoms with Crippen LogP contribution in [0.5, 0.6) is 0 Å². The first kappa shape index (κ1) is 17.5. The van der Waals surface area contributed by atoms with Crippen LogP contribution in [0.15, 0.2) is 24.3 Å². The summed E-state index contributed by atoms with van der Waals surface area (Å²) in [5.74, 6) is 0.248. The summed E-state index contributed by atoms with van der Waals surface area (Å²) in [6, 6.07) is 8.05. The van der Waals surface area contributed by atoms with Crippen LogP contribution in [-0.4, -0.2) is 30.3 Å². The lowest BCUT2D eigenvalue weighted by atomic mass is 9.97. The predicted molar refractivity (Wildman–Crippen MR) is 86.4 cm³/mol. The van der Waals surface area contributed by atoms with Crippen LogP contribution in [0.4, 0.5) is 4.79 Å². The van der Waals surface area contributed by atoms with Gasteiger partial charge in [-0.25, -0.2) is 4.79 Å². The van der Waals surface area contributed by atoms with E-state index in [1.165, 1.54) is 11.1 Å². The van der Waals surface area contributed by atoms with E-state index < -0.39 is 6.10 Å². The molecule has 2 amide bonds. The first-order valence-corrected chi connectivity index (χ1v) is 7.82. The van der Waals surface area contributed by atoms with Gasteiger partial charge in [-0.15, -0.1) is 0 Å². The lowest BCUT2D eigenvalue weighted by molar-refractivity contribution is 0.103. The molecule has 0 aliphatic heterocycles. The van der Waals surface area contributed by atoms with E-state index in [1.54, 1.807) is 0 Å². The van der Waals surface area contributed by atoms with Crippen LogP contribution < -0.4 is 10.6 Å². The fourth-order valence-electron chi connectivity index (χ4n) is 2.45. The maximum atomic E-state index is 11.7. The molecule has 21 heavy (non-hydrogen) atoms. The number of hydrogen-bond donors (Lipinski definition) is 3. The first-order chi connectivity index (χ1) is 10.1. The second kappa shape index (κ2) is 9.40. The lowest BCUT2D eigenvalue weighted by Crippen LogP contribution is -2.42. The molecule has 0 heterocycles. The number of aliphatic hydroxyl groups excluding tert-OH is 1. The van der Waals surface area contributed by atoms with Gasteiger partial charge in [0, 0.05) is 13.1 Å². The van der Waals surface area contributed by atoms with Crippen molar-refractivity contribution in [3.8, 4) is 0 Å². The summed E-state index contributed by atoms with van der Waals surface area (Å²) in [5.41, 5.74) is 2.44. The Hall–Kier alpha value is -1.55. The number of nitrogens with one attached hydrogen (secondary N) is 2. The Morgan fingerprint density at radius 2 is 1.95 bits per heavy atom. The molecular weight excluding hydrogens is 264 g/mol. The average molecular weight is 292 g/mol. The molecule has 1 aromatic rings. The largest absolute Gasteiger partial charge is 0.391 e. The molecule has 0 radical (unpaired) electrons. The third kappa shape index (κ3) is 6.63. The smallest absolute Gasteiger partial charge is 0.314 e. The second-order valence-electron chi connectivity index (χ2n) is 5.52. The highest BCUT2D eigenvalue weighted by atomic mass is 16.3. The number of carbonyl (C=O) groups is 1. The van der Waals surface area contributed by atoms with Crippen molar-refractivity contribution in [2.24, 2.45) is 5.92 Å². The third-order valence-corrected chi connectivity index (χ3v) is 3.85. The summed E-state index contributed by atoms with van der Waals surface area (Å²) >= 11 is 0. The van der Waals surface area contributed by atoms with Gasteiger partial charge in [-0.05, 0) is 24.8 Å². The molecule has 1 rings (SSSR count). The number of benzene rings is 1. The number of amides is 2. The molecule has 1 atom stereocenters. The van der Waals surface area contributed by atoms with E-state index in [4.69, 9.17) is 0 Å². The fourth-order valence-corrected chi connectivity index (χ4v) is 2.45. The topological polar surface area (TPSA) is 61.4 Å². The van der Waals surface area contributed by atoms with E-state index in [0.717, 1.165) is 19.3 Å². The van der Waals surface area contributed by atoms with Crippen molar-refractivity contribution >= 4 is 6.03 Å². The zero-order valence-corrected chi connectivity index (χ0v) is 13.4. The van der Waals surface area contributed by atoms with Gasteiger partial charge in [0.15, 0.2) is 0 Å². The van der Waals surface area contributed by atoms with Gasteiger partial charge in [-0.1, -0.05) is 56.5 Å². The Morgan fingerprint density at radius 1 is 1.24 bits per heavy atom. The van der Waals surface area contributed by atoms with Gasteiger partial charge in [0.1, 0.15) is 0 Å². The van der Waals surface area contributed by atoms with Crippen LogP contribution in [0.3, 0.4) is 0 Å². The minimum atomic E-state index is -0.470. The van der Waals surface area contributed by atoms with Crippen molar-refractivity contribution in [1.29, 1.82) is 0 Å². The Balaban J connectivity index is 2.22. The quantitative estimate of drug-likeness (QED) is 0.690. The maximum Gasteiger partial charge on any atom is 0.314 e. The maximum absolute atomic E-state index is 11.7. The monoisotopic (exact) mass is 292 g/mol. The zero-order valence-electron chi connectivity index (χ0n) is 13.4. The second-order valence-corrected chi connectivity index (χ2v) is 5.52. The highest BCUT2D eigenvalue weighted by Gasteiger charge is 2.15. The molecule has 0 spiro atoms. The Labute approximate surface area is 128 Å². The van der Waals surface area contributed by atoms with E-state index >= 15 is 0 Å². The number of carbonyl (C=O) groups excluding carboxylic acids is 1. The Bertz CT molecular complexity index is 431. The minimum absolute atomic E-state index is 0.215. The van der Waals surface area contributed by atoms with Gasteiger partial charge >= 0.3 is 6.03 Å². The molecular formula is C17H28N2O2. The van der Waals surface area contributed by atoms with Gasteiger partial charge in [0.2, 0.25) is 0 Å². The summed E-state index contributed by atoms with van der Waals surface area (Å²) in [7, 11) is 0. The summed E-state index contributed by atoms with van der Waals surface area (Å²) in [6.07, 6.45) is 2.19. The summed E-state index contributed by atoms with van der Waals surface area (Å²) < 4.78 is 0. The number of aliphatic hydroxyl groups is 1. The molecule has 0 saturated carbocycles. The number of aryl methyl sites for hydroxylation is 1. The van der Waals surface area contributed by atoms with Crippen LogP contribution >= 0.6 is 0 Å². The van der Waals surface area contributed by atoms with Crippen LogP contribution in [0, 0.1) is 12.8 Å². The molecule has 0 saturated heterocycles. The lowest BCUT2D eigenvalue weighted by Gasteiger charge is -2.20. The van der Waals surface area contributed by atoms with Crippen LogP contribution in [0.25, 0.3) is 0 Å². The average Bonchev–Trinajstić information content (AvgIpc) is 2.46. The number of rotatable bonds is 8. The summed E-state index contributed by atoms with van der Waals surface area (Å²) in [5, 5.41) is 15.5. The van der Waals surface area contributed by atoms with Crippen molar-refractivity contribution in [3.05, 3.63) is 35.4 Å². The third-order valence-electron chi connectivity index (χ3n) is 3.85. The van der Waals surface area contributed by atoms with Crippen molar-refractivity contribution < 1.29 is 9.90 Å². The van der Waals surface area contributed by atoms with Crippen LogP contribution in [-0.2, 0) is 6.42 Å². The van der Waals surface area contributed by atoms with Crippen molar-refractivity contribution in [2.45, 2.75) is 46.1 Å². The minimum Gasteiger partial charge on any atom is -0.391 e. The molecule has 0 fully saturated rings. The van der Waals surface area contributed by atoms with Gasteiger partial charge in [0.25, 0.3) is 0 Å². The SMILES string of the molecule is CCC(CC)C(O)CNC(=O)NCCc1cccc(C)c1. The zero-order chi connectivity index (χ0) is 15.7. The molecule has 0 aliphatic carbocycles. The van der Waals surface area contributed by atoms with Gasteiger partial charge in [-0.3, -0.25) is 0 Å². The number of urea groups is 1. The van der Waals surface area contributed by atoms with E-state index in [2.05, 4.69) is 49.6 Å². The molecule has 1 unspecified atom stereocenters. The molecule has 4 heteroatoms. The normalized spacial score (nSPS) is 12.2. The molecule has 0 bridgehead atoms. The molecule has 1 aromatic carbocycles. The van der Waals surface area contributed by atoms with Crippen molar-refractivity contribution in [2.75, 3.05) is 13.1 Å². The summed E-state index contributed by atoms with van der Waals surface area (Å²) in [4.78, 5) is 11.7. The van der Waals surface area contributed by atoms with Crippen molar-refractivity contribution in [1.82, 2.24) is 10.6 Å². The van der Waals surface area contributed by atoms with E-state index in [-0.39, 0.29) is 11.9 Å². The van der Waals surface area contributed by atoms with Crippen LogP contribution in [0.1, 0.15) is 37.8 Å².